The lowest BCUT2D eigenvalue weighted by Gasteiger charge is -2.09. The van der Waals surface area contributed by atoms with Crippen molar-refractivity contribution in [1.29, 1.82) is 0 Å². The Bertz CT molecular complexity index is 566. The van der Waals surface area contributed by atoms with Crippen molar-refractivity contribution in [2.45, 2.75) is 25.8 Å². The van der Waals surface area contributed by atoms with Crippen LogP contribution in [0.5, 0.6) is 0 Å². The number of aliphatic hydroxyl groups excluding tert-OH is 1. The smallest absolute Gasteiger partial charge is 0.227 e. The first kappa shape index (κ1) is 15.7. The molecule has 0 aliphatic heterocycles. The van der Waals surface area contributed by atoms with Crippen LogP contribution >= 0.6 is 12.4 Å². The molecule has 0 amide bonds. The number of nitrogens with two attached hydrogens (primary N) is 1. The second-order valence-electron chi connectivity index (χ2n) is 4.46. The van der Waals surface area contributed by atoms with Gasteiger partial charge >= 0.3 is 0 Å². The monoisotopic (exact) mass is 282 g/mol. The van der Waals surface area contributed by atoms with E-state index in [4.69, 9.17) is 10.8 Å². The maximum atomic E-state index is 11.6. The van der Waals surface area contributed by atoms with Crippen molar-refractivity contribution in [3.05, 3.63) is 36.0 Å². The summed E-state index contributed by atoms with van der Waals surface area (Å²) in [7, 11) is 0. The molecule has 19 heavy (non-hydrogen) atoms. The normalized spacial score (nSPS) is 12.2. The quantitative estimate of drug-likeness (QED) is 0.905. The SMILES string of the molecule is CC(=O)n1cc([C@@H](N)CCCO)c2ccccc21.Cl. The van der Waals surface area contributed by atoms with E-state index in [1.54, 1.807) is 4.57 Å². The lowest BCUT2D eigenvalue weighted by Crippen LogP contribution is -2.10. The minimum atomic E-state index is -0.150. The molecule has 2 rings (SSSR count). The summed E-state index contributed by atoms with van der Waals surface area (Å²) in [5, 5.41) is 9.87. The number of nitrogens with zero attached hydrogens (tertiary/aromatic N) is 1. The van der Waals surface area contributed by atoms with Crippen molar-refractivity contribution in [2.75, 3.05) is 6.61 Å². The Morgan fingerprint density at radius 2 is 2.11 bits per heavy atom. The number of carbonyl (C=O) groups excluding carboxylic acids is 1. The standard InChI is InChI=1S/C14H18N2O2.ClH/c1-10(18)16-9-12(13(15)6-4-8-17)11-5-2-3-7-14(11)16;/h2-3,5,7,9,13,17H,4,6,8,15H2,1H3;1H/t13-;/m0./s1. The molecule has 0 saturated heterocycles. The first-order valence-corrected chi connectivity index (χ1v) is 6.12. The van der Waals surface area contributed by atoms with Crippen LogP contribution in [0.25, 0.3) is 10.9 Å². The van der Waals surface area contributed by atoms with Gasteiger partial charge < -0.3 is 10.8 Å². The molecule has 3 N–H and O–H groups in total. The summed E-state index contributed by atoms with van der Waals surface area (Å²) in [6.07, 6.45) is 3.19. The van der Waals surface area contributed by atoms with Crippen molar-refractivity contribution in [3.63, 3.8) is 0 Å². The van der Waals surface area contributed by atoms with E-state index in [-0.39, 0.29) is 31.0 Å². The van der Waals surface area contributed by atoms with Crippen LogP contribution in [-0.2, 0) is 0 Å². The minimum absolute atomic E-state index is 0. The highest BCUT2D eigenvalue weighted by atomic mass is 35.5. The number of hydrogen-bond acceptors (Lipinski definition) is 3. The lowest BCUT2D eigenvalue weighted by molar-refractivity contribution is 0.0941. The maximum absolute atomic E-state index is 11.6. The summed E-state index contributed by atoms with van der Waals surface area (Å²) in [6, 6.07) is 7.59. The van der Waals surface area contributed by atoms with E-state index >= 15 is 0 Å². The molecule has 104 valence electrons. The molecule has 5 heteroatoms. The Kier molecular flexibility index (Phi) is 5.54. The molecular weight excluding hydrogens is 264 g/mol. The van der Waals surface area contributed by atoms with E-state index in [0.29, 0.717) is 12.8 Å². The van der Waals surface area contributed by atoms with Crippen LogP contribution in [0.4, 0.5) is 0 Å². The van der Waals surface area contributed by atoms with Gasteiger partial charge in [-0.1, -0.05) is 18.2 Å². The van der Waals surface area contributed by atoms with Crippen molar-refractivity contribution in [2.24, 2.45) is 5.73 Å². The lowest BCUT2D eigenvalue weighted by atomic mass is 10.0. The number of halogens is 1. The fourth-order valence-electron chi connectivity index (χ4n) is 2.23. The van der Waals surface area contributed by atoms with Crippen molar-refractivity contribution in [3.8, 4) is 0 Å². The van der Waals surface area contributed by atoms with E-state index in [9.17, 15) is 4.79 Å². The maximum Gasteiger partial charge on any atom is 0.227 e. The van der Waals surface area contributed by atoms with Gasteiger partial charge in [-0.15, -0.1) is 12.4 Å². The molecule has 0 bridgehead atoms. The highest BCUT2D eigenvalue weighted by Gasteiger charge is 2.15. The zero-order chi connectivity index (χ0) is 13.1. The molecule has 0 radical (unpaired) electrons. The molecule has 1 aromatic heterocycles. The van der Waals surface area contributed by atoms with Crippen LogP contribution < -0.4 is 5.73 Å². The van der Waals surface area contributed by atoms with Crippen LogP contribution in [0.3, 0.4) is 0 Å². The molecule has 1 heterocycles. The third-order valence-electron chi connectivity index (χ3n) is 3.15. The molecule has 0 aliphatic rings. The molecule has 1 aromatic carbocycles. The van der Waals surface area contributed by atoms with E-state index in [1.165, 1.54) is 6.92 Å². The molecule has 0 fully saturated rings. The summed E-state index contributed by atoms with van der Waals surface area (Å²) < 4.78 is 1.63. The fraction of sp³-hybridized carbons (Fsp3) is 0.357. The third-order valence-corrected chi connectivity index (χ3v) is 3.15. The molecule has 0 spiro atoms. The number of hydrogen-bond donors (Lipinski definition) is 2. The zero-order valence-corrected chi connectivity index (χ0v) is 11.7. The topological polar surface area (TPSA) is 68.2 Å². The number of rotatable bonds is 4. The Balaban J connectivity index is 0.00000180. The van der Waals surface area contributed by atoms with Gasteiger partial charge in [-0.2, -0.15) is 0 Å². The van der Waals surface area contributed by atoms with E-state index < -0.39 is 0 Å². The van der Waals surface area contributed by atoms with Gasteiger partial charge in [0, 0.05) is 31.2 Å². The van der Waals surface area contributed by atoms with Gasteiger partial charge in [0.1, 0.15) is 0 Å². The van der Waals surface area contributed by atoms with E-state index in [0.717, 1.165) is 16.5 Å². The Morgan fingerprint density at radius 1 is 1.42 bits per heavy atom. The number of fused-ring (bicyclic) bond motifs is 1. The molecular formula is C14H19ClN2O2. The van der Waals surface area contributed by atoms with Gasteiger partial charge in [-0.25, -0.2) is 0 Å². The highest BCUT2D eigenvalue weighted by Crippen LogP contribution is 2.27. The average Bonchev–Trinajstić information content (AvgIpc) is 2.75. The van der Waals surface area contributed by atoms with Gasteiger partial charge in [0.2, 0.25) is 5.91 Å². The third kappa shape index (κ3) is 3.15. The Labute approximate surface area is 118 Å². The van der Waals surface area contributed by atoms with E-state index in [2.05, 4.69) is 0 Å². The zero-order valence-electron chi connectivity index (χ0n) is 10.9. The second kappa shape index (κ2) is 6.70. The number of aromatic nitrogens is 1. The molecule has 0 saturated carbocycles. The first-order valence-electron chi connectivity index (χ1n) is 6.12. The van der Waals surface area contributed by atoms with Crippen LogP contribution in [0.2, 0.25) is 0 Å². The van der Waals surface area contributed by atoms with Gasteiger partial charge in [-0.3, -0.25) is 9.36 Å². The highest BCUT2D eigenvalue weighted by molar-refractivity contribution is 5.93. The second-order valence-corrected chi connectivity index (χ2v) is 4.46. The predicted molar refractivity (Wildman–Crippen MR) is 78.7 cm³/mol. The van der Waals surface area contributed by atoms with Gasteiger partial charge in [-0.05, 0) is 24.5 Å². The van der Waals surface area contributed by atoms with Crippen molar-refractivity contribution in [1.82, 2.24) is 4.57 Å². The molecule has 0 unspecified atom stereocenters. The van der Waals surface area contributed by atoms with Crippen LogP contribution in [-0.4, -0.2) is 22.2 Å². The van der Waals surface area contributed by atoms with Crippen LogP contribution in [0.15, 0.2) is 30.5 Å². The number of para-hydroxylation sites is 1. The molecule has 1 atom stereocenters. The summed E-state index contributed by atoms with van der Waals surface area (Å²) in [5.41, 5.74) is 7.98. The van der Waals surface area contributed by atoms with Gasteiger partial charge in [0.15, 0.2) is 0 Å². The van der Waals surface area contributed by atoms with Crippen LogP contribution in [0, 0.1) is 0 Å². The largest absolute Gasteiger partial charge is 0.396 e. The molecule has 4 nitrogen and oxygen atoms in total. The summed E-state index contributed by atoms with van der Waals surface area (Å²) in [5.74, 6) is -0.0215. The van der Waals surface area contributed by atoms with Crippen molar-refractivity contribution >= 4 is 29.2 Å². The van der Waals surface area contributed by atoms with Crippen molar-refractivity contribution < 1.29 is 9.90 Å². The number of benzene rings is 1. The number of carbonyl (C=O) groups is 1. The molecule has 0 aliphatic carbocycles. The summed E-state index contributed by atoms with van der Waals surface area (Å²) in [6.45, 7) is 1.68. The summed E-state index contributed by atoms with van der Waals surface area (Å²) in [4.78, 5) is 11.6. The number of aliphatic hydroxyl groups is 1. The fourth-order valence-corrected chi connectivity index (χ4v) is 2.23. The minimum Gasteiger partial charge on any atom is -0.396 e. The predicted octanol–water partition coefficient (Wildman–Crippen LogP) is 2.50. The Morgan fingerprint density at radius 3 is 2.74 bits per heavy atom. The Hall–Kier alpha value is -1.36. The molecule has 2 aromatic rings. The first-order chi connectivity index (χ1) is 8.65. The van der Waals surface area contributed by atoms with Gasteiger partial charge in [0.05, 0.1) is 5.52 Å². The van der Waals surface area contributed by atoms with E-state index in [1.807, 2.05) is 30.5 Å². The summed E-state index contributed by atoms with van der Waals surface area (Å²) >= 11 is 0. The average molecular weight is 283 g/mol. The van der Waals surface area contributed by atoms with Gasteiger partial charge in [0.25, 0.3) is 0 Å². The van der Waals surface area contributed by atoms with Crippen LogP contribution in [0.1, 0.15) is 36.2 Å².